The van der Waals surface area contributed by atoms with E-state index >= 15 is 0 Å². The minimum atomic E-state index is -0.291. The maximum absolute atomic E-state index is 12.4. The van der Waals surface area contributed by atoms with E-state index in [4.69, 9.17) is 0 Å². The highest BCUT2D eigenvalue weighted by molar-refractivity contribution is 5.81. The number of amides is 3. The minimum absolute atomic E-state index is 0.0249. The molecule has 2 aliphatic heterocycles. The van der Waals surface area contributed by atoms with Crippen LogP contribution in [0.25, 0.3) is 0 Å². The molecule has 0 saturated carbocycles. The predicted molar refractivity (Wildman–Crippen MR) is 86.7 cm³/mol. The van der Waals surface area contributed by atoms with E-state index in [1.54, 1.807) is 11.9 Å². The molecule has 0 aliphatic carbocycles. The number of hydrogen-bond donors (Lipinski definition) is 1. The summed E-state index contributed by atoms with van der Waals surface area (Å²) in [7, 11) is 1.61. The molecule has 2 rings (SSSR count). The summed E-state index contributed by atoms with van der Waals surface area (Å²) in [6, 6.07) is 0. The second-order valence-corrected chi connectivity index (χ2v) is 6.45. The van der Waals surface area contributed by atoms with Crippen molar-refractivity contribution < 1.29 is 14.4 Å². The topological polar surface area (TPSA) is 73.0 Å². The van der Waals surface area contributed by atoms with Crippen LogP contribution in [0.15, 0.2) is 0 Å². The van der Waals surface area contributed by atoms with Crippen LogP contribution in [0.3, 0.4) is 0 Å². The molecule has 0 bridgehead atoms. The van der Waals surface area contributed by atoms with Crippen molar-refractivity contribution in [2.24, 2.45) is 5.92 Å². The first-order valence-electron chi connectivity index (χ1n) is 8.48. The molecule has 23 heavy (non-hydrogen) atoms. The van der Waals surface area contributed by atoms with E-state index in [1.165, 1.54) is 13.3 Å². The third kappa shape index (κ3) is 4.92. The van der Waals surface area contributed by atoms with Gasteiger partial charge in [0.25, 0.3) is 0 Å². The molecule has 0 aromatic carbocycles. The number of carbonyl (C=O) groups is 3. The molecule has 2 fully saturated rings. The quantitative estimate of drug-likeness (QED) is 0.761. The average molecular weight is 324 g/mol. The van der Waals surface area contributed by atoms with E-state index in [2.05, 4.69) is 5.32 Å². The zero-order valence-corrected chi connectivity index (χ0v) is 14.2. The van der Waals surface area contributed by atoms with E-state index in [-0.39, 0.29) is 23.6 Å². The van der Waals surface area contributed by atoms with Crippen LogP contribution in [0.4, 0.5) is 0 Å². The molecule has 3 amide bonds. The Labute approximate surface area is 138 Å². The van der Waals surface area contributed by atoms with Gasteiger partial charge < -0.3 is 15.1 Å². The van der Waals surface area contributed by atoms with Gasteiger partial charge >= 0.3 is 0 Å². The fraction of sp³-hybridized carbons (Fsp3) is 0.812. The molecular formula is C16H28N4O3. The predicted octanol–water partition coefficient (Wildman–Crippen LogP) is -0.475. The van der Waals surface area contributed by atoms with Crippen molar-refractivity contribution in [3.63, 3.8) is 0 Å². The normalized spacial score (nSPS) is 23.3. The minimum Gasteiger partial charge on any atom is -0.359 e. The summed E-state index contributed by atoms with van der Waals surface area (Å²) >= 11 is 0. The van der Waals surface area contributed by atoms with Crippen LogP contribution in [-0.2, 0) is 14.4 Å². The van der Waals surface area contributed by atoms with Crippen molar-refractivity contribution in [3.8, 4) is 0 Å². The van der Waals surface area contributed by atoms with Gasteiger partial charge in [-0.15, -0.1) is 0 Å². The van der Waals surface area contributed by atoms with Crippen LogP contribution in [0.5, 0.6) is 0 Å². The maximum Gasteiger partial charge on any atom is 0.236 e. The number of rotatable bonds is 3. The molecule has 7 heteroatoms. The molecule has 2 heterocycles. The Morgan fingerprint density at radius 3 is 2.26 bits per heavy atom. The number of nitrogens with zero attached hydrogens (tertiary/aromatic N) is 3. The Morgan fingerprint density at radius 1 is 0.957 bits per heavy atom. The van der Waals surface area contributed by atoms with Crippen molar-refractivity contribution in [1.82, 2.24) is 20.0 Å². The zero-order valence-electron chi connectivity index (χ0n) is 14.2. The Morgan fingerprint density at radius 2 is 1.65 bits per heavy atom. The summed E-state index contributed by atoms with van der Waals surface area (Å²) in [5.74, 6) is -0.256. The van der Waals surface area contributed by atoms with E-state index < -0.39 is 0 Å². The second-order valence-electron chi connectivity index (χ2n) is 6.45. The van der Waals surface area contributed by atoms with Gasteiger partial charge in [-0.05, 0) is 19.3 Å². The molecule has 1 atom stereocenters. The molecule has 2 aliphatic rings. The molecule has 1 N–H and O–H groups in total. The standard InChI is InChI=1S/C16H28N4O3/c1-13(21)20-9-8-18(10-14(11-20)16(23)17-2)12-15(22)19-6-4-3-5-7-19/h14H,3-12H2,1-2H3,(H,17,23)/t14-/m1/s1. The smallest absolute Gasteiger partial charge is 0.236 e. The molecule has 7 nitrogen and oxygen atoms in total. The van der Waals surface area contributed by atoms with Gasteiger partial charge in [-0.1, -0.05) is 0 Å². The monoisotopic (exact) mass is 324 g/mol. The van der Waals surface area contributed by atoms with Crippen LogP contribution in [0, 0.1) is 5.92 Å². The van der Waals surface area contributed by atoms with Gasteiger partial charge in [0.05, 0.1) is 12.5 Å². The summed E-state index contributed by atoms with van der Waals surface area (Å²) in [5.41, 5.74) is 0. The van der Waals surface area contributed by atoms with Crippen LogP contribution in [-0.4, -0.2) is 85.3 Å². The fourth-order valence-corrected chi connectivity index (χ4v) is 3.31. The molecule has 0 spiro atoms. The summed E-state index contributed by atoms with van der Waals surface area (Å²) in [6.07, 6.45) is 3.34. The van der Waals surface area contributed by atoms with Crippen LogP contribution >= 0.6 is 0 Å². The lowest BCUT2D eigenvalue weighted by Gasteiger charge is -2.30. The Hall–Kier alpha value is -1.63. The molecule has 130 valence electrons. The van der Waals surface area contributed by atoms with E-state index in [9.17, 15) is 14.4 Å². The molecule has 2 saturated heterocycles. The molecule has 0 radical (unpaired) electrons. The highest BCUT2D eigenvalue weighted by Gasteiger charge is 2.30. The number of nitrogens with one attached hydrogen (secondary N) is 1. The van der Waals surface area contributed by atoms with Crippen molar-refractivity contribution in [2.75, 3.05) is 52.9 Å². The van der Waals surface area contributed by atoms with Gasteiger partial charge in [-0.3, -0.25) is 19.3 Å². The summed E-state index contributed by atoms with van der Waals surface area (Å²) in [4.78, 5) is 41.8. The molecule has 0 aromatic rings. The van der Waals surface area contributed by atoms with Gasteiger partial charge in [-0.2, -0.15) is 0 Å². The van der Waals surface area contributed by atoms with Crippen molar-refractivity contribution in [2.45, 2.75) is 26.2 Å². The molecular weight excluding hydrogens is 296 g/mol. The Bertz CT molecular complexity index is 449. The molecule has 0 unspecified atom stereocenters. The van der Waals surface area contributed by atoms with E-state index in [0.717, 1.165) is 25.9 Å². The highest BCUT2D eigenvalue weighted by atomic mass is 16.2. The van der Waals surface area contributed by atoms with Gasteiger partial charge in [0.2, 0.25) is 17.7 Å². The van der Waals surface area contributed by atoms with Crippen molar-refractivity contribution >= 4 is 17.7 Å². The van der Waals surface area contributed by atoms with Gasteiger partial charge in [0.15, 0.2) is 0 Å². The van der Waals surface area contributed by atoms with Crippen LogP contribution in [0.2, 0.25) is 0 Å². The highest BCUT2D eigenvalue weighted by Crippen LogP contribution is 2.13. The largest absolute Gasteiger partial charge is 0.359 e. The lowest BCUT2D eigenvalue weighted by molar-refractivity contribution is -0.134. The number of hydrogen-bond acceptors (Lipinski definition) is 4. The maximum atomic E-state index is 12.4. The Balaban J connectivity index is 1.98. The van der Waals surface area contributed by atoms with Crippen molar-refractivity contribution in [1.29, 1.82) is 0 Å². The third-order valence-electron chi connectivity index (χ3n) is 4.74. The first-order chi connectivity index (χ1) is 11.0. The Kier molecular flexibility index (Phi) is 6.38. The van der Waals surface area contributed by atoms with Gasteiger partial charge in [0, 0.05) is 53.2 Å². The zero-order chi connectivity index (χ0) is 16.8. The van der Waals surface area contributed by atoms with E-state index in [0.29, 0.717) is 32.7 Å². The second kappa shape index (κ2) is 8.29. The van der Waals surface area contributed by atoms with Gasteiger partial charge in [-0.25, -0.2) is 0 Å². The third-order valence-corrected chi connectivity index (χ3v) is 4.74. The first-order valence-corrected chi connectivity index (χ1v) is 8.48. The van der Waals surface area contributed by atoms with Crippen molar-refractivity contribution in [3.05, 3.63) is 0 Å². The lowest BCUT2D eigenvalue weighted by Crippen LogP contribution is -2.45. The summed E-state index contributed by atoms with van der Waals surface area (Å²) in [5, 5.41) is 2.66. The number of piperidine rings is 1. The molecule has 0 aromatic heterocycles. The first kappa shape index (κ1) is 17.7. The van der Waals surface area contributed by atoms with Crippen LogP contribution < -0.4 is 5.32 Å². The lowest BCUT2D eigenvalue weighted by atomic mass is 10.1. The number of carbonyl (C=O) groups excluding carboxylic acids is 3. The average Bonchev–Trinajstić information content (AvgIpc) is 2.77. The van der Waals surface area contributed by atoms with E-state index in [1.807, 2.05) is 9.80 Å². The summed E-state index contributed by atoms with van der Waals surface area (Å²) < 4.78 is 0. The SMILES string of the molecule is CNC(=O)[C@@H]1CN(CC(=O)N2CCCCC2)CCN(C(C)=O)C1. The fourth-order valence-electron chi connectivity index (χ4n) is 3.31. The number of likely N-dealkylation sites (tertiary alicyclic amines) is 1. The van der Waals surface area contributed by atoms with Crippen LogP contribution in [0.1, 0.15) is 26.2 Å². The summed E-state index contributed by atoms with van der Waals surface area (Å²) in [6.45, 7) is 5.67. The van der Waals surface area contributed by atoms with Gasteiger partial charge in [0.1, 0.15) is 0 Å².